The highest BCUT2D eigenvalue weighted by Crippen LogP contribution is 2.25. The molecule has 6 nitrogen and oxygen atoms in total. The lowest BCUT2D eigenvalue weighted by atomic mass is 10.1. The number of benzene rings is 1. The fourth-order valence-electron chi connectivity index (χ4n) is 3.02. The zero-order valence-electron chi connectivity index (χ0n) is 15.2. The van der Waals surface area contributed by atoms with Crippen LogP contribution in [-0.4, -0.2) is 43.1 Å². The molecule has 138 valence electrons. The van der Waals surface area contributed by atoms with Crippen molar-refractivity contribution in [2.75, 3.05) is 42.3 Å². The molecule has 1 aliphatic rings. The summed E-state index contributed by atoms with van der Waals surface area (Å²) in [6.07, 6.45) is 5.37. The van der Waals surface area contributed by atoms with Crippen LogP contribution < -0.4 is 15.1 Å². The number of nitrogens with one attached hydrogen (secondary N) is 1. The van der Waals surface area contributed by atoms with Gasteiger partial charge in [-0.3, -0.25) is 4.79 Å². The first-order chi connectivity index (χ1) is 12.5. The van der Waals surface area contributed by atoms with E-state index < -0.39 is 0 Å². The van der Waals surface area contributed by atoms with E-state index in [2.05, 4.69) is 20.2 Å². The summed E-state index contributed by atoms with van der Waals surface area (Å²) < 4.78 is 13.0. The molecule has 1 amide bonds. The Morgan fingerprint density at radius 1 is 1.19 bits per heavy atom. The Hall–Kier alpha value is -2.70. The van der Waals surface area contributed by atoms with Crippen molar-refractivity contribution in [2.45, 2.75) is 25.7 Å². The molecule has 3 rings (SSSR count). The van der Waals surface area contributed by atoms with Crippen LogP contribution in [0.2, 0.25) is 0 Å². The van der Waals surface area contributed by atoms with E-state index >= 15 is 0 Å². The summed E-state index contributed by atoms with van der Waals surface area (Å²) >= 11 is 0. The second-order valence-corrected chi connectivity index (χ2v) is 6.70. The number of carbonyl (C=O) groups is 1. The monoisotopic (exact) mass is 357 g/mol. The average Bonchev–Trinajstić information content (AvgIpc) is 2.64. The van der Waals surface area contributed by atoms with Gasteiger partial charge in [-0.2, -0.15) is 4.98 Å². The van der Waals surface area contributed by atoms with Crippen molar-refractivity contribution >= 4 is 23.4 Å². The third-order valence-electron chi connectivity index (χ3n) is 4.37. The van der Waals surface area contributed by atoms with E-state index in [1.807, 2.05) is 19.0 Å². The Bertz CT molecular complexity index is 757. The van der Waals surface area contributed by atoms with Crippen molar-refractivity contribution in [1.29, 1.82) is 0 Å². The van der Waals surface area contributed by atoms with Crippen molar-refractivity contribution in [3.05, 3.63) is 41.8 Å². The lowest BCUT2D eigenvalue weighted by Crippen LogP contribution is -2.31. The van der Waals surface area contributed by atoms with Crippen LogP contribution in [0.5, 0.6) is 0 Å². The van der Waals surface area contributed by atoms with Crippen LogP contribution in [0.15, 0.2) is 30.5 Å². The summed E-state index contributed by atoms with van der Waals surface area (Å²) in [5.41, 5.74) is 1.32. The minimum Gasteiger partial charge on any atom is -0.361 e. The molecule has 0 unspecified atom stereocenters. The minimum atomic E-state index is -0.314. The van der Waals surface area contributed by atoms with Crippen molar-refractivity contribution in [3.8, 4) is 0 Å². The first kappa shape index (κ1) is 18.1. The summed E-state index contributed by atoms with van der Waals surface area (Å²) in [6.45, 7) is 1.92. The maximum absolute atomic E-state index is 13.0. The third-order valence-corrected chi connectivity index (χ3v) is 4.37. The Labute approximate surface area is 153 Å². The SMILES string of the molecule is CN(C)c1nc(N2CCCCC2)ncc1NC(=O)Cc1ccc(F)cc1. The van der Waals surface area contributed by atoms with E-state index in [0.29, 0.717) is 17.5 Å². The maximum Gasteiger partial charge on any atom is 0.228 e. The Kier molecular flexibility index (Phi) is 5.65. The molecule has 1 aliphatic heterocycles. The molecule has 0 bridgehead atoms. The van der Waals surface area contributed by atoms with Gasteiger partial charge in [0, 0.05) is 27.2 Å². The van der Waals surface area contributed by atoms with E-state index in [9.17, 15) is 9.18 Å². The summed E-state index contributed by atoms with van der Waals surface area (Å²) in [7, 11) is 3.77. The van der Waals surface area contributed by atoms with Gasteiger partial charge >= 0.3 is 0 Å². The maximum atomic E-state index is 13.0. The molecule has 0 aliphatic carbocycles. The van der Waals surface area contributed by atoms with Crippen molar-refractivity contribution < 1.29 is 9.18 Å². The summed E-state index contributed by atoms with van der Waals surface area (Å²) in [5.74, 6) is 0.873. The molecule has 0 radical (unpaired) electrons. The highest BCUT2D eigenvalue weighted by Gasteiger charge is 2.17. The van der Waals surface area contributed by atoms with Gasteiger partial charge in [0.15, 0.2) is 5.82 Å². The predicted molar refractivity (Wildman–Crippen MR) is 101 cm³/mol. The van der Waals surface area contributed by atoms with Crippen LogP contribution in [0.25, 0.3) is 0 Å². The zero-order chi connectivity index (χ0) is 18.5. The quantitative estimate of drug-likeness (QED) is 0.892. The normalized spacial score (nSPS) is 14.2. The average molecular weight is 357 g/mol. The van der Waals surface area contributed by atoms with Gasteiger partial charge in [-0.1, -0.05) is 12.1 Å². The summed E-state index contributed by atoms with van der Waals surface area (Å²) in [6, 6.07) is 5.92. The number of halogens is 1. The summed E-state index contributed by atoms with van der Waals surface area (Å²) in [5, 5.41) is 2.87. The smallest absolute Gasteiger partial charge is 0.228 e. The van der Waals surface area contributed by atoms with Gasteiger partial charge in [0.2, 0.25) is 11.9 Å². The molecule has 1 saturated heterocycles. The molecule has 26 heavy (non-hydrogen) atoms. The van der Waals surface area contributed by atoms with E-state index in [1.54, 1.807) is 18.3 Å². The van der Waals surface area contributed by atoms with Crippen LogP contribution >= 0.6 is 0 Å². The largest absolute Gasteiger partial charge is 0.361 e. The summed E-state index contributed by atoms with van der Waals surface area (Å²) in [4.78, 5) is 25.5. The Balaban J connectivity index is 1.73. The molecule has 7 heteroatoms. The third kappa shape index (κ3) is 4.47. The second-order valence-electron chi connectivity index (χ2n) is 6.70. The van der Waals surface area contributed by atoms with Gasteiger partial charge in [0.1, 0.15) is 11.5 Å². The molecule has 0 spiro atoms. The lowest BCUT2D eigenvalue weighted by Gasteiger charge is -2.28. The van der Waals surface area contributed by atoms with Crippen molar-refractivity contribution in [1.82, 2.24) is 9.97 Å². The highest BCUT2D eigenvalue weighted by molar-refractivity contribution is 5.94. The number of anilines is 3. The number of nitrogens with zero attached hydrogens (tertiary/aromatic N) is 4. The molecular formula is C19H24FN5O. The van der Waals surface area contributed by atoms with Crippen LogP contribution in [0.3, 0.4) is 0 Å². The minimum absolute atomic E-state index is 0.168. The number of carbonyl (C=O) groups excluding carboxylic acids is 1. The molecule has 1 aromatic heterocycles. The molecule has 2 aromatic rings. The number of hydrogen-bond acceptors (Lipinski definition) is 5. The molecular weight excluding hydrogens is 333 g/mol. The van der Waals surface area contributed by atoms with Crippen molar-refractivity contribution in [2.24, 2.45) is 0 Å². The number of hydrogen-bond donors (Lipinski definition) is 1. The molecule has 2 heterocycles. The van der Waals surface area contributed by atoms with E-state index in [-0.39, 0.29) is 18.1 Å². The topological polar surface area (TPSA) is 61.4 Å². The van der Waals surface area contributed by atoms with Gasteiger partial charge in [0.25, 0.3) is 0 Å². The molecule has 1 aromatic carbocycles. The van der Waals surface area contributed by atoms with E-state index in [1.165, 1.54) is 18.6 Å². The Morgan fingerprint density at radius 2 is 1.88 bits per heavy atom. The first-order valence-electron chi connectivity index (χ1n) is 8.86. The van der Waals surface area contributed by atoms with Gasteiger partial charge in [0.05, 0.1) is 12.6 Å². The van der Waals surface area contributed by atoms with E-state index in [4.69, 9.17) is 0 Å². The molecule has 0 saturated carbocycles. The van der Waals surface area contributed by atoms with Gasteiger partial charge in [-0.05, 0) is 37.0 Å². The number of aromatic nitrogens is 2. The van der Waals surface area contributed by atoms with Gasteiger partial charge in [-0.15, -0.1) is 0 Å². The molecule has 1 fully saturated rings. The fourth-order valence-corrected chi connectivity index (χ4v) is 3.02. The fraction of sp³-hybridized carbons (Fsp3) is 0.421. The standard InChI is InChI=1S/C19H24FN5O/c1-24(2)18-16(13-21-19(23-18)25-10-4-3-5-11-25)22-17(26)12-14-6-8-15(20)9-7-14/h6-9,13H,3-5,10-12H2,1-2H3,(H,22,26). The first-order valence-corrected chi connectivity index (χ1v) is 8.86. The van der Waals surface area contributed by atoms with Gasteiger partial charge < -0.3 is 15.1 Å². The molecule has 1 N–H and O–H groups in total. The zero-order valence-corrected chi connectivity index (χ0v) is 15.2. The van der Waals surface area contributed by atoms with E-state index in [0.717, 1.165) is 31.5 Å². The lowest BCUT2D eigenvalue weighted by molar-refractivity contribution is -0.115. The Morgan fingerprint density at radius 3 is 2.54 bits per heavy atom. The van der Waals surface area contributed by atoms with Crippen LogP contribution in [0.4, 0.5) is 21.8 Å². The molecule has 0 atom stereocenters. The number of piperidine rings is 1. The predicted octanol–water partition coefficient (Wildman–Crippen LogP) is 2.85. The number of amides is 1. The van der Waals surface area contributed by atoms with Crippen LogP contribution in [0, 0.1) is 5.82 Å². The van der Waals surface area contributed by atoms with Crippen LogP contribution in [-0.2, 0) is 11.2 Å². The van der Waals surface area contributed by atoms with Gasteiger partial charge in [-0.25, -0.2) is 9.37 Å². The number of rotatable bonds is 5. The second kappa shape index (κ2) is 8.12. The van der Waals surface area contributed by atoms with Crippen LogP contribution in [0.1, 0.15) is 24.8 Å². The highest BCUT2D eigenvalue weighted by atomic mass is 19.1. The van der Waals surface area contributed by atoms with Crippen molar-refractivity contribution in [3.63, 3.8) is 0 Å².